The van der Waals surface area contributed by atoms with Crippen molar-refractivity contribution in [3.05, 3.63) is 71.8 Å². The van der Waals surface area contributed by atoms with Crippen molar-refractivity contribution in [3.8, 4) is 11.5 Å². The molecule has 0 aliphatic rings. The van der Waals surface area contributed by atoms with Crippen molar-refractivity contribution in [2.24, 2.45) is 11.5 Å². The molecule has 9 heteroatoms. The smallest absolute Gasteiger partial charge is 0.255 e. The standard InChI is InChI=1S/C26H30N4O5/c27-22(15-17-7-10-19(31)11-8-17)26(34)29-13-3-4-14-35-24-20-6-2-1-5-18(20)9-12-21(24)25(33)30-16-23(28)32/h1-2,5-12,22,31H,3-4,13-16,27H2,(H2,28,32)(H,29,34)(H,30,33). The molecule has 0 radical (unpaired) electrons. The van der Waals surface area contributed by atoms with Crippen molar-refractivity contribution in [2.75, 3.05) is 19.7 Å². The summed E-state index contributed by atoms with van der Waals surface area (Å²) in [6.45, 7) is 0.506. The highest BCUT2D eigenvalue weighted by Crippen LogP contribution is 2.30. The van der Waals surface area contributed by atoms with Gasteiger partial charge in [0.05, 0.1) is 24.8 Å². The van der Waals surface area contributed by atoms with Crippen LogP contribution in [0.1, 0.15) is 28.8 Å². The second-order valence-corrected chi connectivity index (χ2v) is 8.14. The summed E-state index contributed by atoms with van der Waals surface area (Å²) in [6, 6.07) is 16.9. The van der Waals surface area contributed by atoms with Gasteiger partial charge in [0, 0.05) is 11.9 Å². The molecule has 1 atom stereocenters. The van der Waals surface area contributed by atoms with E-state index in [4.69, 9.17) is 16.2 Å². The summed E-state index contributed by atoms with van der Waals surface area (Å²) in [5, 5.41) is 16.4. The third-order valence-electron chi connectivity index (χ3n) is 5.39. The van der Waals surface area contributed by atoms with E-state index in [0.717, 1.165) is 16.3 Å². The number of unbranched alkanes of at least 4 members (excludes halogenated alkanes) is 1. The molecule has 35 heavy (non-hydrogen) atoms. The largest absolute Gasteiger partial charge is 0.508 e. The van der Waals surface area contributed by atoms with Crippen LogP contribution in [-0.4, -0.2) is 48.6 Å². The maximum absolute atomic E-state index is 12.6. The van der Waals surface area contributed by atoms with Crippen molar-refractivity contribution in [2.45, 2.75) is 25.3 Å². The molecule has 0 fully saturated rings. The summed E-state index contributed by atoms with van der Waals surface area (Å²) in [7, 11) is 0. The Kier molecular flexibility index (Phi) is 9.02. The number of hydrogen-bond acceptors (Lipinski definition) is 6. The molecule has 3 amide bonds. The molecule has 0 saturated heterocycles. The van der Waals surface area contributed by atoms with Crippen LogP contribution < -0.4 is 26.8 Å². The first-order valence-corrected chi connectivity index (χ1v) is 11.4. The number of hydrogen-bond donors (Lipinski definition) is 5. The molecule has 9 nitrogen and oxygen atoms in total. The van der Waals surface area contributed by atoms with Crippen LogP contribution in [0, 0.1) is 0 Å². The molecule has 0 heterocycles. The number of amides is 3. The molecule has 3 aromatic carbocycles. The van der Waals surface area contributed by atoms with Gasteiger partial charge in [0.2, 0.25) is 11.8 Å². The zero-order chi connectivity index (χ0) is 25.2. The van der Waals surface area contributed by atoms with Crippen LogP contribution in [0.5, 0.6) is 11.5 Å². The Hall–Kier alpha value is -4.11. The number of primary amides is 1. The number of carbonyl (C=O) groups is 3. The molecule has 0 aromatic heterocycles. The molecule has 3 aromatic rings. The lowest BCUT2D eigenvalue weighted by Crippen LogP contribution is -2.42. The first-order valence-electron chi connectivity index (χ1n) is 11.4. The van der Waals surface area contributed by atoms with Gasteiger partial charge in [0.1, 0.15) is 11.5 Å². The molecule has 1 unspecified atom stereocenters. The van der Waals surface area contributed by atoms with Gasteiger partial charge in [-0.2, -0.15) is 0 Å². The van der Waals surface area contributed by atoms with Crippen molar-refractivity contribution >= 4 is 28.5 Å². The normalized spacial score (nSPS) is 11.6. The Morgan fingerprint density at radius 1 is 0.943 bits per heavy atom. The quantitative estimate of drug-likeness (QED) is 0.249. The second kappa shape index (κ2) is 12.4. The predicted octanol–water partition coefficient (Wildman–Crippen LogP) is 1.61. The van der Waals surface area contributed by atoms with Gasteiger partial charge in [-0.1, -0.05) is 42.5 Å². The zero-order valence-electron chi connectivity index (χ0n) is 19.3. The van der Waals surface area contributed by atoms with Crippen LogP contribution >= 0.6 is 0 Å². The van der Waals surface area contributed by atoms with E-state index in [1.807, 2.05) is 30.3 Å². The number of nitrogens with one attached hydrogen (secondary N) is 2. The zero-order valence-corrected chi connectivity index (χ0v) is 19.3. The molecule has 0 aliphatic carbocycles. The average Bonchev–Trinajstić information content (AvgIpc) is 2.85. The highest BCUT2D eigenvalue weighted by atomic mass is 16.5. The van der Waals surface area contributed by atoms with Crippen molar-refractivity contribution in [1.29, 1.82) is 0 Å². The van der Waals surface area contributed by atoms with E-state index in [2.05, 4.69) is 10.6 Å². The molecule has 0 bridgehead atoms. The van der Waals surface area contributed by atoms with Gasteiger partial charge in [0.15, 0.2) is 0 Å². The number of phenols is 1. The van der Waals surface area contributed by atoms with Crippen molar-refractivity contribution in [1.82, 2.24) is 10.6 Å². The molecule has 184 valence electrons. The first kappa shape index (κ1) is 25.5. The summed E-state index contributed by atoms with van der Waals surface area (Å²) in [5.41, 5.74) is 12.3. The maximum Gasteiger partial charge on any atom is 0.255 e. The Morgan fingerprint density at radius 2 is 1.69 bits per heavy atom. The minimum absolute atomic E-state index is 0.163. The number of benzene rings is 3. The van der Waals surface area contributed by atoms with Crippen LogP contribution in [0.15, 0.2) is 60.7 Å². The topological polar surface area (TPSA) is 157 Å². The lowest BCUT2D eigenvalue weighted by atomic mass is 10.0. The van der Waals surface area contributed by atoms with Gasteiger partial charge in [-0.3, -0.25) is 14.4 Å². The highest BCUT2D eigenvalue weighted by Gasteiger charge is 2.17. The molecular weight excluding hydrogens is 448 g/mol. The van der Waals surface area contributed by atoms with E-state index < -0.39 is 17.9 Å². The number of nitrogens with two attached hydrogens (primary N) is 2. The SMILES string of the molecule is NC(=O)CNC(=O)c1ccc2ccccc2c1OCCCCNC(=O)C(N)Cc1ccc(O)cc1. The first-order chi connectivity index (χ1) is 16.8. The van der Waals surface area contributed by atoms with Crippen LogP contribution in [0.2, 0.25) is 0 Å². The van der Waals surface area contributed by atoms with E-state index in [1.165, 1.54) is 0 Å². The second-order valence-electron chi connectivity index (χ2n) is 8.14. The maximum atomic E-state index is 12.6. The van der Waals surface area contributed by atoms with Crippen LogP contribution in [0.3, 0.4) is 0 Å². The minimum Gasteiger partial charge on any atom is -0.508 e. The van der Waals surface area contributed by atoms with Crippen LogP contribution in [-0.2, 0) is 16.0 Å². The lowest BCUT2D eigenvalue weighted by molar-refractivity contribution is -0.122. The minimum atomic E-state index is -0.687. The molecule has 7 N–H and O–H groups in total. The van der Waals surface area contributed by atoms with Gasteiger partial charge in [-0.15, -0.1) is 0 Å². The Bertz CT molecular complexity index is 1180. The molecule has 3 rings (SSSR count). The van der Waals surface area contributed by atoms with Gasteiger partial charge in [-0.25, -0.2) is 0 Å². The van der Waals surface area contributed by atoms with Gasteiger partial charge in [0.25, 0.3) is 5.91 Å². The van der Waals surface area contributed by atoms with E-state index in [0.29, 0.717) is 43.7 Å². The summed E-state index contributed by atoms with van der Waals surface area (Å²) < 4.78 is 5.99. The molecule has 0 aliphatic heterocycles. The Morgan fingerprint density at radius 3 is 2.43 bits per heavy atom. The van der Waals surface area contributed by atoms with E-state index >= 15 is 0 Å². The number of rotatable bonds is 12. The Balaban J connectivity index is 1.50. The summed E-state index contributed by atoms with van der Waals surface area (Å²) >= 11 is 0. The van der Waals surface area contributed by atoms with E-state index in [9.17, 15) is 19.5 Å². The number of fused-ring (bicyclic) bond motifs is 1. The average molecular weight is 479 g/mol. The third kappa shape index (κ3) is 7.44. The van der Waals surface area contributed by atoms with Gasteiger partial charge < -0.3 is 31.9 Å². The molecule has 0 spiro atoms. The summed E-state index contributed by atoms with van der Waals surface area (Å²) in [6.07, 6.45) is 1.67. The number of carbonyl (C=O) groups excluding carboxylic acids is 3. The van der Waals surface area contributed by atoms with Crippen molar-refractivity contribution < 1.29 is 24.2 Å². The predicted molar refractivity (Wildman–Crippen MR) is 133 cm³/mol. The fraction of sp³-hybridized carbons (Fsp3) is 0.269. The summed E-state index contributed by atoms with van der Waals surface area (Å²) in [4.78, 5) is 35.8. The number of aromatic hydroxyl groups is 1. The van der Waals surface area contributed by atoms with E-state index in [1.54, 1.807) is 30.3 Å². The van der Waals surface area contributed by atoms with Gasteiger partial charge >= 0.3 is 0 Å². The number of ether oxygens (including phenoxy) is 1. The van der Waals surface area contributed by atoms with Crippen LogP contribution in [0.4, 0.5) is 0 Å². The highest BCUT2D eigenvalue weighted by molar-refractivity contribution is 6.04. The molecule has 0 saturated carbocycles. The van der Waals surface area contributed by atoms with Crippen molar-refractivity contribution in [3.63, 3.8) is 0 Å². The van der Waals surface area contributed by atoms with Crippen LogP contribution in [0.25, 0.3) is 10.8 Å². The summed E-state index contributed by atoms with van der Waals surface area (Å²) in [5.74, 6) is -0.728. The fourth-order valence-electron chi connectivity index (χ4n) is 3.56. The monoisotopic (exact) mass is 478 g/mol. The fourth-order valence-corrected chi connectivity index (χ4v) is 3.56. The number of phenolic OH excluding ortho intramolecular Hbond substituents is 1. The third-order valence-corrected chi connectivity index (χ3v) is 5.39. The molecular formula is C26H30N4O5. The Labute approximate surface area is 203 Å². The lowest BCUT2D eigenvalue weighted by Gasteiger charge is -2.15. The van der Waals surface area contributed by atoms with E-state index in [-0.39, 0.29) is 18.2 Å². The van der Waals surface area contributed by atoms with Gasteiger partial charge in [-0.05, 0) is 48.4 Å².